The Morgan fingerprint density at radius 2 is 2.26 bits per heavy atom. The van der Waals surface area contributed by atoms with Crippen LogP contribution in [0.2, 0.25) is 0 Å². The fourth-order valence-corrected chi connectivity index (χ4v) is 2.69. The zero-order valence-electron chi connectivity index (χ0n) is 10.5. The number of rotatable bonds is 3. The van der Waals surface area contributed by atoms with Crippen LogP contribution in [0.25, 0.3) is 5.65 Å². The summed E-state index contributed by atoms with van der Waals surface area (Å²) in [6, 6.07) is 3.76. The smallest absolute Gasteiger partial charge is 0.364 e. The van der Waals surface area contributed by atoms with Crippen LogP contribution in [-0.4, -0.2) is 37.6 Å². The molecule has 19 heavy (non-hydrogen) atoms. The van der Waals surface area contributed by atoms with Gasteiger partial charge in [-0.1, -0.05) is 12.8 Å². The van der Waals surface area contributed by atoms with Gasteiger partial charge in [0.15, 0.2) is 5.65 Å². The molecule has 0 aromatic carbocycles. The van der Waals surface area contributed by atoms with Crippen LogP contribution in [0, 0.1) is 5.92 Å². The van der Waals surface area contributed by atoms with Crippen molar-refractivity contribution in [1.82, 2.24) is 19.8 Å². The highest BCUT2D eigenvalue weighted by molar-refractivity contribution is 5.43. The van der Waals surface area contributed by atoms with E-state index in [4.69, 9.17) is 0 Å². The summed E-state index contributed by atoms with van der Waals surface area (Å²) in [5.41, 5.74) is 0.152. The number of fused-ring (bicyclic) bond motifs is 1. The second-order valence-electron chi connectivity index (χ2n) is 5.00. The van der Waals surface area contributed by atoms with Crippen molar-refractivity contribution in [2.45, 2.75) is 31.7 Å². The molecular weight excluding hydrogens is 246 g/mol. The van der Waals surface area contributed by atoms with E-state index in [0.717, 1.165) is 25.7 Å². The molecule has 7 nitrogen and oxygen atoms in total. The third kappa shape index (κ3) is 2.33. The second kappa shape index (κ2) is 5.00. The number of aliphatic hydroxyl groups excluding tert-OH is 1. The van der Waals surface area contributed by atoms with E-state index in [9.17, 15) is 9.90 Å². The summed E-state index contributed by atoms with van der Waals surface area (Å²) in [4.78, 5) is 11.5. The van der Waals surface area contributed by atoms with Gasteiger partial charge < -0.3 is 10.4 Å². The largest absolute Gasteiger partial charge is 0.396 e. The number of nitrogens with one attached hydrogen (secondary N) is 2. The average molecular weight is 263 g/mol. The summed E-state index contributed by atoms with van der Waals surface area (Å²) >= 11 is 0. The van der Waals surface area contributed by atoms with Crippen molar-refractivity contribution in [3.8, 4) is 0 Å². The first-order valence-corrected chi connectivity index (χ1v) is 6.60. The van der Waals surface area contributed by atoms with Crippen molar-refractivity contribution < 1.29 is 5.11 Å². The highest BCUT2D eigenvalue weighted by Gasteiger charge is 2.24. The fraction of sp³-hybridized carbons (Fsp3) is 0.583. The molecule has 3 rings (SSSR count). The summed E-state index contributed by atoms with van der Waals surface area (Å²) in [7, 11) is 0. The normalized spacial score (nSPS) is 23.6. The van der Waals surface area contributed by atoms with Gasteiger partial charge in [0.05, 0.1) is 0 Å². The Morgan fingerprint density at radius 3 is 3.11 bits per heavy atom. The maximum absolute atomic E-state index is 11.5. The third-order valence-electron chi connectivity index (χ3n) is 3.75. The first kappa shape index (κ1) is 12.2. The van der Waals surface area contributed by atoms with E-state index in [1.807, 2.05) is 0 Å². The molecule has 2 aromatic heterocycles. The maximum atomic E-state index is 11.5. The van der Waals surface area contributed by atoms with Crippen LogP contribution < -0.4 is 11.0 Å². The zero-order valence-corrected chi connectivity index (χ0v) is 10.5. The number of anilines is 1. The maximum Gasteiger partial charge on any atom is 0.364 e. The van der Waals surface area contributed by atoms with E-state index in [1.54, 1.807) is 12.1 Å². The molecule has 0 radical (unpaired) electrons. The average Bonchev–Trinajstić information content (AvgIpc) is 2.81. The van der Waals surface area contributed by atoms with E-state index in [0.29, 0.717) is 11.5 Å². The molecule has 0 saturated heterocycles. The van der Waals surface area contributed by atoms with Gasteiger partial charge in [0, 0.05) is 18.6 Å². The standard InChI is InChI=1S/C12H17N5O2/c18-7-8-3-1-2-4-9(8)13-10-5-6-11-14-15-12(19)17(11)16-10/h5-6,8-9,18H,1-4,7H2,(H,13,16)(H,15,19). The zero-order chi connectivity index (χ0) is 13.2. The lowest BCUT2D eigenvalue weighted by Gasteiger charge is -2.31. The lowest BCUT2D eigenvalue weighted by molar-refractivity contribution is 0.178. The van der Waals surface area contributed by atoms with Crippen LogP contribution in [0.3, 0.4) is 0 Å². The van der Waals surface area contributed by atoms with Gasteiger partial charge in [0.1, 0.15) is 5.82 Å². The van der Waals surface area contributed by atoms with Crippen LogP contribution in [-0.2, 0) is 0 Å². The van der Waals surface area contributed by atoms with Gasteiger partial charge in [-0.25, -0.2) is 9.89 Å². The van der Waals surface area contributed by atoms with Crippen LogP contribution in [0.15, 0.2) is 16.9 Å². The number of aromatic nitrogens is 4. The summed E-state index contributed by atoms with van der Waals surface area (Å²) in [5.74, 6) is 0.897. The van der Waals surface area contributed by atoms with Crippen molar-refractivity contribution in [1.29, 1.82) is 0 Å². The summed E-state index contributed by atoms with van der Waals surface area (Å²) in [6.07, 6.45) is 4.37. The number of aliphatic hydroxyl groups is 1. The molecule has 2 heterocycles. The monoisotopic (exact) mass is 263 g/mol. The molecule has 2 unspecified atom stereocenters. The summed E-state index contributed by atoms with van der Waals surface area (Å²) in [6.45, 7) is 0.186. The number of hydrogen-bond donors (Lipinski definition) is 3. The SMILES string of the molecule is O=c1[nH]nc2ccc(NC3CCCCC3CO)nn12. The number of H-pyrrole nitrogens is 1. The van der Waals surface area contributed by atoms with E-state index >= 15 is 0 Å². The molecule has 0 amide bonds. The molecule has 1 aliphatic rings. The van der Waals surface area contributed by atoms with Gasteiger partial charge in [-0.2, -0.15) is 9.61 Å². The molecular formula is C12H17N5O2. The first-order chi connectivity index (χ1) is 9.28. The summed E-state index contributed by atoms with van der Waals surface area (Å²) < 4.78 is 1.24. The molecule has 2 aromatic rings. The highest BCUT2D eigenvalue weighted by atomic mass is 16.3. The van der Waals surface area contributed by atoms with Crippen molar-refractivity contribution in [2.75, 3.05) is 11.9 Å². The quantitative estimate of drug-likeness (QED) is 0.744. The predicted molar refractivity (Wildman–Crippen MR) is 70.1 cm³/mol. The minimum Gasteiger partial charge on any atom is -0.396 e. The van der Waals surface area contributed by atoms with Crippen LogP contribution >= 0.6 is 0 Å². The Kier molecular flexibility index (Phi) is 3.20. The van der Waals surface area contributed by atoms with E-state index < -0.39 is 0 Å². The number of aromatic amines is 1. The van der Waals surface area contributed by atoms with Crippen LogP contribution in [0.5, 0.6) is 0 Å². The van der Waals surface area contributed by atoms with E-state index in [1.165, 1.54) is 4.52 Å². The van der Waals surface area contributed by atoms with Crippen molar-refractivity contribution in [3.63, 3.8) is 0 Å². The lowest BCUT2D eigenvalue weighted by atomic mass is 9.85. The molecule has 7 heteroatoms. The Morgan fingerprint density at radius 1 is 1.42 bits per heavy atom. The van der Waals surface area contributed by atoms with E-state index in [-0.39, 0.29) is 24.3 Å². The van der Waals surface area contributed by atoms with Gasteiger partial charge in [0.25, 0.3) is 0 Å². The Balaban J connectivity index is 1.83. The molecule has 1 saturated carbocycles. The number of hydrogen-bond acceptors (Lipinski definition) is 5. The molecule has 2 atom stereocenters. The Hall–Kier alpha value is -1.89. The molecule has 1 aliphatic carbocycles. The molecule has 0 spiro atoms. The predicted octanol–water partition coefficient (Wildman–Crippen LogP) is 0.381. The minimum absolute atomic E-state index is 0.186. The van der Waals surface area contributed by atoms with Gasteiger partial charge >= 0.3 is 5.69 Å². The molecule has 0 aliphatic heterocycles. The van der Waals surface area contributed by atoms with Crippen molar-refractivity contribution in [3.05, 3.63) is 22.6 Å². The van der Waals surface area contributed by atoms with Crippen molar-refractivity contribution in [2.24, 2.45) is 5.92 Å². The molecule has 102 valence electrons. The molecule has 3 N–H and O–H groups in total. The Labute approximate surface area is 109 Å². The van der Waals surface area contributed by atoms with Gasteiger partial charge in [-0.05, 0) is 25.0 Å². The lowest BCUT2D eigenvalue weighted by Crippen LogP contribution is -2.34. The van der Waals surface area contributed by atoms with Gasteiger partial charge in [0.2, 0.25) is 0 Å². The summed E-state index contributed by atoms with van der Waals surface area (Å²) in [5, 5.41) is 23.1. The minimum atomic E-state index is -0.346. The first-order valence-electron chi connectivity index (χ1n) is 6.60. The van der Waals surface area contributed by atoms with Crippen LogP contribution in [0.1, 0.15) is 25.7 Å². The molecule has 1 fully saturated rings. The van der Waals surface area contributed by atoms with Gasteiger partial charge in [-0.3, -0.25) is 0 Å². The van der Waals surface area contributed by atoms with Crippen LogP contribution in [0.4, 0.5) is 5.82 Å². The second-order valence-corrected chi connectivity index (χ2v) is 5.00. The fourth-order valence-electron chi connectivity index (χ4n) is 2.69. The number of nitrogens with zero attached hydrogens (tertiary/aromatic N) is 3. The highest BCUT2D eigenvalue weighted by Crippen LogP contribution is 2.26. The van der Waals surface area contributed by atoms with Crippen molar-refractivity contribution >= 4 is 11.5 Å². The van der Waals surface area contributed by atoms with E-state index in [2.05, 4.69) is 20.6 Å². The van der Waals surface area contributed by atoms with Gasteiger partial charge in [-0.15, -0.1) is 5.10 Å². The molecule has 0 bridgehead atoms. The third-order valence-corrected chi connectivity index (χ3v) is 3.75. The Bertz CT molecular complexity index is 620. The topological polar surface area (TPSA) is 95.3 Å².